The molecule has 1 aliphatic heterocycles. The summed E-state index contributed by atoms with van der Waals surface area (Å²) in [7, 11) is 0. The zero-order chi connectivity index (χ0) is 19.0. The van der Waals surface area contributed by atoms with E-state index in [1.807, 2.05) is 6.07 Å². The minimum atomic E-state index is -0.769. The SMILES string of the molecule is CC(NC(=O)COc1ccccc1)C(=O)NC1(CC(N)=O)CCOCC1. The number of amides is 3. The van der Waals surface area contributed by atoms with Crippen molar-refractivity contribution in [2.45, 2.75) is 37.8 Å². The minimum absolute atomic E-state index is 0.0416. The highest BCUT2D eigenvalue weighted by Gasteiger charge is 2.36. The third-order valence-electron chi connectivity index (χ3n) is 4.23. The molecule has 1 atom stereocenters. The summed E-state index contributed by atoms with van der Waals surface area (Å²) in [5, 5.41) is 5.45. The van der Waals surface area contributed by atoms with Crippen LogP contribution in [0.15, 0.2) is 30.3 Å². The molecule has 4 N–H and O–H groups in total. The lowest BCUT2D eigenvalue weighted by molar-refractivity contribution is -0.132. The van der Waals surface area contributed by atoms with Gasteiger partial charge in [0.15, 0.2) is 6.61 Å². The highest BCUT2D eigenvalue weighted by atomic mass is 16.5. The van der Waals surface area contributed by atoms with Gasteiger partial charge in [-0.3, -0.25) is 14.4 Å². The topological polar surface area (TPSA) is 120 Å². The Labute approximate surface area is 152 Å². The van der Waals surface area contributed by atoms with Crippen LogP contribution in [0.5, 0.6) is 5.75 Å². The van der Waals surface area contributed by atoms with Crippen LogP contribution in [0.2, 0.25) is 0 Å². The van der Waals surface area contributed by atoms with Crippen molar-refractivity contribution in [1.82, 2.24) is 10.6 Å². The fraction of sp³-hybridized carbons (Fsp3) is 0.500. The quantitative estimate of drug-likeness (QED) is 0.606. The molecule has 1 fully saturated rings. The van der Waals surface area contributed by atoms with Crippen LogP contribution in [0.3, 0.4) is 0 Å². The number of primary amides is 1. The van der Waals surface area contributed by atoms with Crippen molar-refractivity contribution in [3.8, 4) is 5.75 Å². The summed E-state index contributed by atoms with van der Waals surface area (Å²) in [4.78, 5) is 35.8. The highest BCUT2D eigenvalue weighted by Crippen LogP contribution is 2.24. The molecule has 1 saturated heterocycles. The summed E-state index contributed by atoms with van der Waals surface area (Å²) in [5.74, 6) is -0.698. The average Bonchev–Trinajstić information content (AvgIpc) is 2.60. The van der Waals surface area contributed by atoms with Crippen LogP contribution in [0.25, 0.3) is 0 Å². The standard InChI is InChI=1S/C18H25N3O5/c1-13(20-16(23)12-26-14-5-3-2-4-6-14)17(24)21-18(11-15(19)22)7-9-25-10-8-18/h2-6,13H,7-12H2,1H3,(H2,19,22)(H,20,23)(H,21,24). The molecule has 2 rings (SSSR count). The second-order valence-corrected chi connectivity index (χ2v) is 6.42. The second-order valence-electron chi connectivity index (χ2n) is 6.42. The van der Waals surface area contributed by atoms with E-state index in [-0.39, 0.29) is 18.9 Å². The molecule has 1 aromatic rings. The van der Waals surface area contributed by atoms with E-state index in [1.54, 1.807) is 31.2 Å². The van der Waals surface area contributed by atoms with E-state index >= 15 is 0 Å². The molecule has 8 nitrogen and oxygen atoms in total. The van der Waals surface area contributed by atoms with E-state index < -0.39 is 23.4 Å². The van der Waals surface area contributed by atoms with Crippen molar-refractivity contribution >= 4 is 17.7 Å². The van der Waals surface area contributed by atoms with E-state index in [9.17, 15) is 14.4 Å². The lowest BCUT2D eigenvalue weighted by atomic mass is 9.86. The van der Waals surface area contributed by atoms with Gasteiger partial charge in [0.05, 0.1) is 5.54 Å². The summed E-state index contributed by atoms with van der Waals surface area (Å²) in [6, 6.07) is 8.15. The Bertz CT molecular complexity index is 629. The number of nitrogens with one attached hydrogen (secondary N) is 2. The molecule has 142 valence electrons. The molecular formula is C18H25N3O5. The first-order valence-corrected chi connectivity index (χ1v) is 8.55. The smallest absolute Gasteiger partial charge is 0.258 e. The Kier molecular flexibility index (Phi) is 6.97. The van der Waals surface area contributed by atoms with Crippen LogP contribution in [-0.2, 0) is 19.1 Å². The molecule has 0 aromatic heterocycles. The lowest BCUT2D eigenvalue weighted by Gasteiger charge is -2.38. The van der Waals surface area contributed by atoms with E-state index in [0.29, 0.717) is 31.8 Å². The Morgan fingerprint density at radius 2 is 1.88 bits per heavy atom. The average molecular weight is 363 g/mol. The fourth-order valence-electron chi connectivity index (χ4n) is 2.83. The van der Waals surface area contributed by atoms with Gasteiger partial charge in [-0.25, -0.2) is 0 Å². The van der Waals surface area contributed by atoms with Gasteiger partial charge in [0.2, 0.25) is 11.8 Å². The maximum Gasteiger partial charge on any atom is 0.258 e. The first kappa shape index (κ1) is 19.7. The summed E-state index contributed by atoms with van der Waals surface area (Å²) >= 11 is 0. The van der Waals surface area contributed by atoms with Gasteiger partial charge in [-0.1, -0.05) is 18.2 Å². The molecule has 0 radical (unpaired) electrons. The number of hydrogen-bond acceptors (Lipinski definition) is 5. The second kappa shape index (κ2) is 9.19. The number of carbonyl (C=O) groups excluding carboxylic acids is 3. The summed E-state index contributed by atoms with van der Waals surface area (Å²) < 4.78 is 10.6. The molecule has 0 bridgehead atoms. The van der Waals surface area contributed by atoms with E-state index in [1.165, 1.54) is 0 Å². The van der Waals surface area contributed by atoms with E-state index in [0.717, 1.165) is 0 Å². The van der Waals surface area contributed by atoms with Gasteiger partial charge in [-0.15, -0.1) is 0 Å². The normalized spacial score (nSPS) is 17.0. The first-order chi connectivity index (χ1) is 12.4. The third kappa shape index (κ3) is 6.03. The van der Waals surface area contributed by atoms with Gasteiger partial charge in [0.25, 0.3) is 5.91 Å². The third-order valence-corrected chi connectivity index (χ3v) is 4.23. The van der Waals surface area contributed by atoms with Crippen molar-refractivity contribution in [2.24, 2.45) is 5.73 Å². The number of hydrogen-bond donors (Lipinski definition) is 3. The number of ether oxygens (including phenoxy) is 2. The van der Waals surface area contributed by atoms with Gasteiger partial charge >= 0.3 is 0 Å². The van der Waals surface area contributed by atoms with Crippen molar-refractivity contribution < 1.29 is 23.9 Å². The molecule has 0 spiro atoms. The van der Waals surface area contributed by atoms with Gasteiger partial charge in [0.1, 0.15) is 11.8 Å². The maximum atomic E-state index is 12.4. The Balaban J connectivity index is 1.85. The molecule has 3 amide bonds. The summed E-state index contributed by atoms with van der Waals surface area (Å²) in [6.45, 7) is 2.27. The van der Waals surface area contributed by atoms with Gasteiger partial charge < -0.3 is 25.8 Å². The Morgan fingerprint density at radius 3 is 2.50 bits per heavy atom. The first-order valence-electron chi connectivity index (χ1n) is 8.55. The molecule has 1 heterocycles. The molecule has 0 saturated carbocycles. The molecule has 1 aromatic carbocycles. The number of rotatable bonds is 8. The van der Waals surface area contributed by atoms with Crippen LogP contribution >= 0.6 is 0 Å². The van der Waals surface area contributed by atoms with E-state index in [2.05, 4.69) is 10.6 Å². The van der Waals surface area contributed by atoms with E-state index in [4.69, 9.17) is 15.2 Å². The zero-order valence-electron chi connectivity index (χ0n) is 14.8. The van der Waals surface area contributed by atoms with Crippen molar-refractivity contribution in [1.29, 1.82) is 0 Å². The molecule has 8 heteroatoms. The van der Waals surface area contributed by atoms with Crippen molar-refractivity contribution in [3.05, 3.63) is 30.3 Å². The highest BCUT2D eigenvalue weighted by molar-refractivity contribution is 5.88. The number of carbonyl (C=O) groups is 3. The fourth-order valence-corrected chi connectivity index (χ4v) is 2.83. The molecule has 26 heavy (non-hydrogen) atoms. The predicted molar refractivity (Wildman–Crippen MR) is 94.3 cm³/mol. The Morgan fingerprint density at radius 1 is 1.23 bits per heavy atom. The monoisotopic (exact) mass is 363 g/mol. The lowest BCUT2D eigenvalue weighted by Crippen LogP contribution is -2.58. The van der Waals surface area contributed by atoms with Gasteiger partial charge in [-0.05, 0) is 31.9 Å². The number of nitrogens with two attached hydrogens (primary N) is 1. The van der Waals surface area contributed by atoms with Crippen molar-refractivity contribution in [2.75, 3.05) is 19.8 Å². The van der Waals surface area contributed by atoms with Crippen LogP contribution in [0, 0.1) is 0 Å². The zero-order valence-corrected chi connectivity index (χ0v) is 14.8. The number of para-hydroxylation sites is 1. The van der Waals surface area contributed by atoms with Crippen LogP contribution in [0.4, 0.5) is 0 Å². The van der Waals surface area contributed by atoms with Gasteiger partial charge in [0, 0.05) is 19.6 Å². The van der Waals surface area contributed by atoms with Crippen LogP contribution < -0.4 is 21.1 Å². The van der Waals surface area contributed by atoms with Crippen LogP contribution in [0.1, 0.15) is 26.2 Å². The number of benzene rings is 1. The molecule has 0 aliphatic carbocycles. The largest absolute Gasteiger partial charge is 0.484 e. The van der Waals surface area contributed by atoms with Crippen molar-refractivity contribution in [3.63, 3.8) is 0 Å². The predicted octanol–water partition coefficient (Wildman–Crippen LogP) is 0.111. The summed E-state index contributed by atoms with van der Waals surface area (Å²) in [5.41, 5.74) is 4.60. The molecular weight excluding hydrogens is 338 g/mol. The molecule has 1 unspecified atom stereocenters. The Hall–Kier alpha value is -2.61. The minimum Gasteiger partial charge on any atom is -0.484 e. The summed E-state index contributed by atoms with van der Waals surface area (Å²) in [6.07, 6.45) is 1.04. The maximum absolute atomic E-state index is 12.4. The van der Waals surface area contributed by atoms with Crippen LogP contribution in [-0.4, -0.2) is 49.1 Å². The molecule has 1 aliphatic rings. The van der Waals surface area contributed by atoms with Gasteiger partial charge in [-0.2, -0.15) is 0 Å².